The number of piperidine rings is 1. The van der Waals surface area contributed by atoms with E-state index in [4.69, 9.17) is 5.73 Å². The minimum atomic E-state index is -0.253. The molecule has 0 unspecified atom stereocenters. The van der Waals surface area contributed by atoms with Crippen molar-refractivity contribution in [2.45, 2.75) is 32.7 Å². The smallest absolute Gasteiger partial charge is 0.221 e. The van der Waals surface area contributed by atoms with Gasteiger partial charge in [-0.05, 0) is 57.1 Å². The van der Waals surface area contributed by atoms with E-state index in [1.54, 1.807) is 24.3 Å². The first-order valence-corrected chi connectivity index (χ1v) is 7.83. The van der Waals surface area contributed by atoms with Crippen molar-refractivity contribution in [3.63, 3.8) is 0 Å². The van der Waals surface area contributed by atoms with Crippen molar-refractivity contribution in [1.29, 1.82) is 0 Å². The van der Waals surface area contributed by atoms with Gasteiger partial charge < -0.3 is 11.1 Å². The molecule has 1 saturated heterocycles. The second-order valence-corrected chi connectivity index (χ2v) is 6.01. The van der Waals surface area contributed by atoms with Crippen LogP contribution in [0.2, 0.25) is 0 Å². The van der Waals surface area contributed by atoms with Crippen LogP contribution in [-0.4, -0.2) is 41.6 Å². The third-order valence-electron chi connectivity index (χ3n) is 4.35. The third-order valence-corrected chi connectivity index (χ3v) is 4.35. The quantitative estimate of drug-likeness (QED) is 0.803. The van der Waals surface area contributed by atoms with Crippen molar-refractivity contribution in [2.75, 3.05) is 18.4 Å². The summed E-state index contributed by atoms with van der Waals surface area (Å²) >= 11 is 0. The number of nitrogens with one attached hydrogen (secondary N) is 1. The molecule has 1 aliphatic heterocycles. The highest BCUT2D eigenvalue weighted by molar-refractivity contribution is 6.00. The van der Waals surface area contributed by atoms with Crippen molar-refractivity contribution >= 4 is 23.3 Å². The van der Waals surface area contributed by atoms with Crippen LogP contribution in [0.4, 0.5) is 5.69 Å². The number of amides is 2. The lowest BCUT2D eigenvalue weighted by molar-refractivity contribution is -0.123. The maximum atomic E-state index is 12.6. The average molecular weight is 317 g/mol. The maximum Gasteiger partial charge on any atom is 0.221 e. The van der Waals surface area contributed by atoms with Gasteiger partial charge >= 0.3 is 0 Å². The fraction of sp³-hybridized carbons (Fsp3) is 0.471. The van der Waals surface area contributed by atoms with Crippen molar-refractivity contribution in [3.8, 4) is 0 Å². The molecule has 6 heteroatoms. The molecule has 0 aliphatic carbocycles. The second kappa shape index (κ2) is 7.37. The van der Waals surface area contributed by atoms with Crippen LogP contribution >= 0.6 is 0 Å². The summed E-state index contributed by atoms with van der Waals surface area (Å²) in [6, 6.07) is 6.65. The summed E-state index contributed by atoms with van der Waals surface area (Å²) in [4.78, 5) is 36.9. The Labute approximate surface area is 136 Å². The molecule has 0 saturated carbocycles. The molecule has 2 amide bonds. The Morgan fingerprint density at radius 1 is 1.17 bits per heavy atom. The first-order chi connectivity index (χ1) is 10.9. The summed E-state index contributed by atoms with van der Waals surface area (Å²) in [5, 5.41) is 2.67. The molecule has 0 aromatic heterocycles. The van der Waals surface area contributed by atoms with Gasteiger partial charge in [-0.2, -0.15) is 0 Å². The van der Waals surface area contributed by atoms with Gasteiger partial charge in [0.2, 0.25) is 11.8 Å². The summed E-state index contributed by atoms with van der Waals surface area (Å²) in [6.07, 6.45) is 1.41. The molecule has 1 heterocycles. The molecule has 1 aliphatic rings. The number of nitrogens with two attached hydrogens (primary N) is 1. The highest BCUT2D eigenvalue weighted by atomic mass is 16.2. The fourth-order valence-electron chi connectivity index (χ4n) is 2.90. The van der Waals surface area contributed by atoms with Crippen LogP contribution < -0.4 is 11.1 Å². The largest absolute Gasteiger partial charge is 0.369 e. The van der Waals surface area contributed by atoms with E-state index in [-0.39, 0.29) is 29.6 Å². The second-order valence-electron chi connectivity index (χ2n) is 6.01. The molecule has 1 aromatic carbocycles. The molecule has 3 N–H and O–H groups in total. The van der Waals surface area contributed by atoms with Gasteiger partial charge in [0, 0.05) is 24.1 Å². The van der Waals surface area contributed by atoms with E-state index in [0.29, 0.717) is 37.2 Å². The van der Waals surface area contributed by atoms with Gasteiger partial charge in [-0.25, -0.2) is 0 Å². The van der Waals surface area contributed by atoms with Gasteiger partial charge in [0.15, 0.2) is 5.78 Å². The van der Waals surface area contributed by atoms with Crippen LogP contribution in [0.25, 0.3) is 0 Å². The Morgan fingerprint density at radius 2 is 1.74 bits per heavy atom. The predicted octanol–water partition coefficient (Wildman–Crippen LogP) is 1.41. The first-order valence-electron chi connectivity index (χ1n) is 7.83. The van der Waals surface area contributed by atoms with Crippen LogP contribution in [0.5, 0.6) is 0 Å². The van der Waals surface area contributed by atoms with Gasteiger partial charge in [0.1, 0.15) is 0 Å². The van der Waals surface area contributed by atoms with Crippen LogP contribution in [0, 0.1) is 5.92 Å². The Morgan fingerprint density at radius 3 is 2.22 bits per heavy atom. The molecule has 6 nitrogen and oxygen atoms in total. The van der Waals surface area contributed by atoms with Gasteiger partial charge in [0.05, 0.1) is 6.04 Å². The number of anilines is 1. The molecular formula is C17H23N3O3. The summed E-state index contributed by atoms with van der Waals surface area (Å²) in [6.45, 7) is 4.72. The zero-order valence-corrected chi connectivity index (χ0v) is 13.5. The lowest BCUT2D eigenvalue weighted by Crippen LogP contribution is -2.46. The summed E-state index contributed by atoms with van der Waals surface area (Å²) in [5.74, 6) is -0.436. The Hall–Kier alpha value is -2.21. The number of hydrogen-bond acceptors (Lipinski definition) is 4. The number of primary amides is 1. The van der Waals surface area contributed by atoms with E-state index in [1.165, 1.54) is 6.92 Å². The van der Waals surface area contributed by atoms with Crippen molar-refractivity contribution in [3.05, 3.63) is 29.8 Å². The topological polar surface area (TPSA) is 92.5 Å². The molecule has 124 valence electrons. The number of Topliss-reactive ketones (excluding diaryl/α,β-unsaturated/α-hetero) is 1. The van der Waals surface area contributed by atoms with Crippen molar-refractivity contribution < 1.29 is 14.4 Å². The van der Waals surface area contributed by atoms with E-state index >= 15 is 0 Å². The van der Waals surface area contributed by atoms with E-state index < -0.39 is 0 Å². The number of carbonyl (C=O) groups is 3. The van der Waals surface area contributed by atoms with Gasteiger partial charge in [-0.1, -0.05) is 0 Å². The molecule has 1 aromatic rings. The van der Waals surface area contributed by atoms with E-state index in [2.05, 4.69) is 10.2 Å². The van der Waals surface area contributed by atoms with Crippen LogP contribution in [0.15, 0.2) is 24.3 Å². The number of likely N-dealkylation sites (tertiary alicyclic amines) is 1. The molecule has 0 bridgehead atoms. The van der Waals surface area contributed by atoms with Crippen LogP contribution in [0.1, 0.15) is 37.0 Å². The van der Waals surface area contributed by atoms with Crippen LogP contribution in [0.3, 0.4) is 0 Å². The summed E-state index contributed by atoms with van der Waals surface area (Å²) in [5.41, 5.74) is 6.62. The molecule has 1 fully saturated rings. The highest BCUT2D eigenvalue weighted by Gasteiger charge is 2.29. The number of ketones is 1. The Balaban J connectivity index is 1.97. The Bertz CT molecular complexity index is 590. The zero-order valence-electron chi connectivity index (χ0n) is 13.5. The number of rotatable bonds is 5. The lowest BCUT2D eigenvalue weighted by atomic mass is 9.94. The first kappa shape index (κ1) is 17.1. The Kier molecular flexibility index (Phi) is 5.50. The summed E-state index contributed by atoms with van der Waals surface area (Å²) in [7, 11) is 0. The monoisotopic (exact) mass is 317 g/mol. The lowest BCUT2D eigenvalue weighted by Gasteiger charge is -2.34. The van der Waals surface area contributed by atoms with Crippen molar-refractivity contribution in [1.82, 2.24) is 4.90 Å². The van der Waals surface area contributed by atoms with E-state index in [1.807, 2.05) is 6.92 Å². The minimum Gasteiger partial charge on any atom is -0.369 e. The molecule has 2 rings (SSSR count). The highest BCUT2D eigenvalue weighted by Crippen LogP contribution is 2.20. The van der Waals surface area contributed by atoms with E-state index in [0.717, 1.165) is 0 Å². The molecule has 1 atom stereocenters. The molecule has 23 heavy (non-hydrogen) atoms. The van der Waals surface area contributed by atoms with Gasteiger partial charge in [-0.15, -0.1) is 0 Å². The summed E-state index contributed by atoms with van der Waals surface area (Å²) < 4.78 is 0. The third kappa shape index (κ3) is 4.39. The van der Waals surface area contributed by atoms with Crippen molar-refractivity contribution in [2.24, 2.45) is 11.7 Å². The fourth-order valence-corrected chi connectivity index (χ4v) is 2.90. The number of hydrogen-bond donors (Lipinski definition) is 2. The maximum absolute atomic E-state index is 12.6. The molecule has 0 radical (unpaired) electrons. The minimum absolute atomic E-state index is 0.0388. The van der Waals surface area contributed by atoms with Crippen LogP contribution in [-0.2, 0) is 9.59 Å². The standard InChI is InChI=1S/C17H23N3O3/c1-11(20-9-7-14(8-10-20)17(18)23)16(22)13-3-5-15(6-4-13)19-12(2)21/h3-6,11,14H,7-10H2,1-2H3,(H2,18,23)(H,19,21)/t11-/m0/s1. The molecular weight excluding hydrogens is 294 g/mol. The SMILES string of the molecule is CC(=O)Nc1ccc(C(=O)[C@H](C)N2CCC(C(N)=O)CC2)cc1. The zero-order chi connectivity index (χ0) is 17.0. The molecule has 0 spiro atoms. The normalized spacial score (nSPS) is 17.5. The van der Waals surface area contributed by atoms with E-state index in [9.17, 15) is 14.4 Å². The predicted molar refractivity (Wildman–Crippen MR) is 88.0 cm³/mol. The number of carbonyl (C=O) groups excluding carboxylic acids is 3. The number of benzene rings is 1. The average Bonchev–Trinajstić information content (AvgIpc) is 2.53. The number of nitrogens with zero attached hydrogens (tertiary/aromatic N) is 1. The van der Waals surface area contributed by atoms with Gasteiger partial charge in [-0.3, -0.25) is 19.3 Å². The van der Waals surface area contributed by atoms with Gasteiger partial charge in [0.25, 0.3) is 0 Å².